The Balaban J connectivity index is 1.37. The average Bonchev–Trinajstić information content (AvgIpc) is 3.48. The molecular weight excluding hydrogens is 364 g/mol. The summed E-state index contributed by atoms with van der Waals surface area (Å²) in [6.07, 6.45) is 6.90. The normalized spacial score (nSPS) is 21.7. The molecule has 7 nitrogen and oxygen atoms in total. The molecule has 1 aliphatic carbocycles. The predicted octanol–water partition coefficient (Wildman–Crippen LogP) is 3.97. The van der Waals surface area contributed by atoms with Gasteiger partial charge in [-0.05, 0) is 42.5 Å². The van der Waals surface area contributed by atoms with E-state index in [0.29, 0.717) is 24.0 Å². The highest BCUT2D eigenvalue weighted by Gasteiger charge is 2.37. The molecule has 0 radical (unpaired) electrons. The fraction of sp³-hybridized carbons (Fsp3) is 0.364. The third kappa shape index (κ3) is 3.15. The first-order chi connectivity index (χ1) is 14.3. The van der Waals surface area contributed by atoms with Gasteiger partial charge in [0.2, 0.25) is 0 Å². The van der Waals surface area contributed by atoms with Crippen molar-refractivity contribution >= 4 is 16.8 Å². The lowest BCUT2D eigenvalue weighted by Crippen LogP contribution is -2.10. The third-order valence-electron chi connectivity index (χ3n) is 6.04. The molecule has 29 heavy (non-hydrogen) atoms. The Hall–Kier alpha value is -3.24. The van der Waals surface area contributed by atoms with Gasteiger partial charge in [0.1, 0.15) is 5.82 Å². The maximum Gasteiger partial charge on any atom is 0.179 e. The molecule has 3 unspecified atom stereocenters. The van der Waals surface area contributed by atoms with Crippen LogP contribution in [-0.4, -0.2) is 30.7 Å². The molecule has 1 aliphatic rings. The van der Waals surface area contributed by atoms with Gasteiger partial charge in [0.15, 0.2) is 11.3 Å². The van der Waals surface area contributed by atoms with Crippen molar-refractivity contribution in [3.63, 3.8) is 0 Å². The zero-order chi connectivity index (χ0) is 19.8. The Morgan fingerprint density at radius 1 is 1.21 bits per heavy atom. The van der Waals surface area contributed by atoms with Crippen LogP contribution in [-0.2, 0) is 11.3 Å². The summed E-state index contributed by atoms with van der Waals surface area (Å²) in [7, 11) is 0. The quantitative estimate of drug-likeness (QED) is 0.560. The molecule has 146 valence electrons. The van der Waals surface area contributed by atoms with Gasteiger partial charge in [-0.1, -0.05) is 25.5 Å². The summed E-state index contributed by atoms with van der Waals surface area (Å²) >= 11 is 0. The summed E-state index contributed by atoms with van der Waals surface area (Å²) in [4.78, 5) is 7.58. The highest BCUT2D eigenvalue weighted by molar-refractivity contribution is 5.74. The molecule has 4 aromatic rings. The predicted molar refractivity (Wildman–Crippen MR) is 108 cm³/mol. The number of ether oxygens (including phenoxy) is 1. The number of hydrogen-bond donors (Lipinski definition) is 1. The molecule has 0 aliphatic heterocycles. The molecule has 7 heteroatoms. The minimum atomic E-state index is 0.191. The summed E-state index contributed by atoms with van der Waals surface area (Å²) in [5.41, 5.74) is 4.40. The van der Waals surface area contributed by atoms with Crippen LogP contribution >= 0.6 is 0 Å². The van der Waals surface area contributed by atoms with Crippen LogP contribution in [0.2, 0.25) is 0 Å². The summed E-state index contributed by atoms with van der Waals surface area (Å²) in [5, 5.41) is 17.9. The fourth-order valence-corrected chi connectivity index (χ4v) is 4.51. The van der Waals surface area contributed by atoms with E-state index in [1.54, 1.807) is 6.20 Å². The van der Waals surface area contributed by atoms with Crippen LogP contribution in [0.1, 0.15) is 49.1 Å². The first kappa shape index (κ1) is 17.8. The van der Waals surface area contributed by atoms with E-state index in [0.717, 1.165) is 47.5 Å². The van der Waals surface area contributed by atoms with Crippen LogP contribution in [0.15, 0.2) is 42.7 Å². The molecule has 0 bridgehead atoms. The standard InChI is InChI=1S/C22H22N6O/c1-2-16-9-17(29-13-15-5-3-14(11-23)4-6-15)10-18(16)22-27-26-20-12-25-21-19(28(20)22)7-8-24-21/h3-8,12,16-18,24H,2,9-10,13H2,1H3. The Labute approximate surface area is 168 Å². The van der Waals surface area contributed by atoms with Crippen molar-refractivity contribution in [2.45, 2.75) is 44.8 Å². The van der Waals surface area contributed by atoms with E-state index in [9.17, 15) is 0 Å². The van der Waals surface area contributed by atoms with Gasteiger partial charge in [-0.3, -0.25) is 4.40 Å². The van der Waals surface area contributed by atoms with Crippen molar-refractivity contribution in [3.8, 4) is 6.07 Å². The van der Waals surface area contributed by atoms with E-state index >= 15 is 0 Å². The van der Waals surface area contributed by atoms with Gasteiger partial charge in [0, 0.05) is 12.1 Å². The Bertz CT molecular complexity index is 1190. The molecular formula is C22H22N6O. The lowest BCUT2D eigenvalue weighted by molar-refractivity contribution is 0.0422. The molecule has 0 spiro atoms. The number of hydrogen-bond acceptors (Lipinski definition) is 5. The number of nitrogens with one attached hydrogen (secondary N) is 1. The number of rotatable bonds is 5. The smallest absolute Gasteiger partial charge is 0.179 e. The summed E-state index contributed by atoms with van der Waals surface area (Å²) in [5.74, 6) is 1.82. The number of aromatic nitrogens is 5. The zero-order valence-corrected chi connectivity index (χ0v) is 16.2. The number of nitriles is 1. The highest BCUT2D eigenvalue weighted by Crippen LogP contribution is 2.42. The molecule has 3 atom stereocenters. The van der Waals surface area contributed by atoms with E-state index in [1.165, 1.54) is 0 Å². The van der Waals surface area contributed by atoms with Gasteiger partial charge >= 0.3 is 0 Å². The molecule has 3 aromatic heterocycles. The maximum absolute atomic E-state index is 8.93. The summed E-state index contributed by atoms with van der Waals surface area (Å²) < 4.78 is 8.38. The van der Waals surface area contributed by atoms with Crippen molar-refractivity contribution in [1.82, 2.24) is 24.6 Å². The van der Waals surface area contributed by atoms with Crippen LogP contribution < -0.4 is 0 Å². The molecule has 1 fully saturated rings. The first-order valence-corrected chi connectivity index (χ1v) is 10.0. The van der Waals surface area contributed by atoms with E-state index in [2.05, 4.69) is 37.6 Å². The average molecular weight is 386 g/mol. The number of H-pyrrole nitrogens is 1. The van der Waals surface area contributed by atoms with Crippen molar-refractivity contribution in [2.24, 2.45) is 5.92 Å². The molecule has 0 amide bonds. The Morgan fingerprint density at radius 2 is 2.07 bits per heavy atom. The lowest BCUT2D eigenvalue weighted by Gasteiger charge is -2.15. The minimum Gasteiger partial charge on any atom is -0.374 e. The van der Waals surface area contributed by atoms with Crippen molar-refractivity contribution in [1.29, 1.82) is 5.26 Å². The van der Waals surface area contributed by atoms with Crippen LogP contribution in [0.4, 0.5) is 0 Å². The summed E-state index contributed by atoms with van der Waals surface area (Å²) in [6.45, 7) is 2.80. The van der Waals surface area contributed by atoms with Crippen LogP contribution in [0.3, 0.4) is 0 Å². The molecule has 3 heterocycles. The topological polar surface area (TPSA) is 91.9 Å². The van der Waals surface area contributed by atoms with Gasteiger partial charge in [-0.15, -0.1) is 10.2 Å². The van der Waals surface area contributed by atoms with Crippen molar-refractivity contribution < 1.29 is 4.74 Å². The van der Waals surface area contributed by atoms with Gasteiger partial charge in [-0.2, -0.15) is 5.26 Å². The van der Waals surface area contributed by atoms with Gasteiger partial charge in [-0.25, -0.2) is 4.98 Å². The minimum absolute atomic E-state index is 0.191. The molecule has 1 N–H and O–H groups in total. The Morgan fingerprint density at radius 3 is 2.86 bits per heavy atom. The van der Waals surface area contributed by atoms with Gasteiger partial charge in [0.05, 0.1) is 36.1 Å². The second-order valence-corrected chi connectivity index (χ2v) is 7.71. The monoisotopic (exact) mass is 386 g/mol. The fourth-order valence-electron chi connectivity index (χ4n) is 4.51. The van der Waals surface area contributed by atoms with Gasteiger partial charge in [0.25, 0.3) is 0 Å². The van der Waals surface area contributed by atoms with Crippen molar-refractivity contribution in [2.75, 3.05) is 0 Å². The number of nitrogens with zero attached hydrogens (tertiary/aromatic N) is 5. The van der Waals surface area contributed by atoms with E-state index in [4.69, 9.17) is 10.00 Å². The van der Waals surface area contributed by atoms with Gasteiger partial charge < -0.3 is 9.72 Å². The van der Waals surface area contributed by atoms with Crippen molar-refractivity contribution in [3.05, 3.63) is 59.7 Å². The SMILES string of the molecule is CCC1CC(OCc2ccc(C#N)cc2)CC1c1nnc2cnc3[nH]ccc3n12. The van der Waals surface area contributed by atoms with Crippen LogP contribution in [0.25, 0.3) is 16.8 Å². The largest absolute Gasteiger partial charge is 0.374 e. The zero-order valence-electron chi connectivity index (χ0n) is 16.2. The highest BCUT2D eigenvalue weighted by atomic mass is 16.5. The number of fused-ring (bicyclic) bond motifs is 3. The molecule has 0 saturated heterocycles. The second kappa shape index (κ2) is 7.30. The first-order valence-electron chi connectivity index (χ1n) is 10.0. The second-order valence-electron chi connectivity index (χ2n) is 7.71. The number of aromatic amines is 1. The van der Waals surface area contributed by atoms with E-state index in [1.807, 2.05) is 36.5 Å². The van der Waals surface area contributed by atoms with Crippen LogP contribution in [0, 0.1) is 17.2 Å². The summed E-state index contributed by atoms with van der Waals surface area (Å²) in [6, 6.07) is 11.8. The van der Waals surface area contributed by atoms with Crippen LogP contribution in [0.5, 0.6) is 0 Å². The maximum atomic E-state index is 8.93. The van der Waals surface area contributed by atoms with E-state index in [-0.39, 0.29) is 6.10 Å². The number of benzene rings is 1. The molecule has 1 saturated carbocycles. The van der Waals surface area contributed by atoms with E-state index < -0.39 is 0 Å². The molecule has 5 rings (SSSR count). The lowest BCUT2D eigenvalue weighted by atomic mass is 9.93. The third-order valence-corrected chi connectivity index (χ3v) is 6.04. The Kier molecular flexibility index (Phi) is 4.49. The molecule has 1 aromatic carbocycles.